The number of ketones is 2. The van der Waals surface area contributed by atoms with Gasteiger partial charge in [0.25, 0.3) is 0 Å². The van der Waals surface area contributed by atoms with Gasteiger partial charge in [0.15, 0.2) is 0 Å². The van der Waals surface area contributed by atoms with Crippen LogP contribution in [0, 0.1) is 0 Å². The number of carbonyl (C=O) groups excluding carboxylic acids is 2. The first-order chi connectivity index (χ1) is 6.74. The van der Waals surface area contributed by atoms with Crippen LogP contribution in [0.2, 0.25) is 0 Å². The van der Waals surface area contributed by atoms with Gasteiger partial charge in [-0.15, -0.1) is 0 Å². The van der Waals surface area contributed by atoms with Crippen LogP contribution in [0.3, 0.4) is 0 Å². The molecule has 0 bridgehead atoms. The molecule has 14 heavy (non-hydrogen) atoms. The van der Waals surface area contributed by atoms with E-state index in [4.69, 9.17) is 4.74 Å². The first-order valence-corrected chi connectivity index (χ1v) is 4.03. The molecule has 0 aliphatic heterocycles. The molecule has 1 aromatic rings. The molecule has 0 amide bonds. The standard InChI is InChI=1S/C10H7NO3/c1-14-9-4-8(12)10(13)7-5-11-3-2-6(7)9/h2-5H,1H3. The molecule has 0 saturated heterocycles. The minimum Gasteiger partial charge on any atom is -0.496 e. The molecule has 0 saturated carbocycles. The Bertz CT molecular complexity index is 448. The lowest BCUT2D eigenvalue weighted by Gasteiger charge is -2.13. The second-order valence-electron chi connectivity index (χ2n) is 2.83. The lowest BCUT2D eigenvalue weighted by Crippen LogP contribution is -2.19. The largest absolute Gasteiger partial charge is 0.496 e. The van der Waals surface area contributed by atoms with Gasteiger partial charge in [0.1, 0.15) is 5.76 Å². The number of allylic oxidation sites excluding steroid dienone is 1. The van der Waals surface area contributed by atoms with E-state index in [2.05, 4.69) is 4.98 Å². The van der Waals surface area contributed by atoms with Crippen molar-refractivity contribution in [2.24, 2.45) is 0 Å². The molecule has 1 aliphatic rings. The average molecular weight is 189 g/mol. The number of nitrogens with zero attached hydrogens (tertiary/aromatic N) is 1. The summed E-state index contributed by atoms with van der Waals surface area (Å²) in [5.41, 5.74) is 0.920. The summed E-state index contributed by atoms with van der Waals surface area (Å²) >= 11 is 0. The molecule has 0 unspecified atom stereocenters. The summed E-state index contributed by atoms with van der Waals surface area (Å²) in [6.45, 7) is 0. The van der Waals surface area contributed by atoms with E-state index in [0.29, 0.717) is 16.9 Å². The highest BCUT2D eigenvalue weighted by Gasteiger charge is 2.26. The van der Waals surface area contributed by atoms with Crippen LogP contribution in [0.4, 0.5) is 0 Å². The predicted molar refractivity (Wildman–Crippen MR) is 48.6 cm³/mol. The van der Waals surface area contributed by atoms with Gasteiger partial charge in [0.05, 0.1) is 12.7 Å². The molecule has 1 aromatic heterocycles. The van der Waals surface area contributed by atoms with Crippen LogP contribution in [0.1, 0.15) is 15.9 Å². The fourth-order valence-corrected chi connectivity index (χ4v) is 1.35. The molecule has 4 heteroatoms. The van der Waals surface area contributed by atoms with Gasteiger partial charge in [-0.05, 0) is 6.07 Å². The van der Waals surface area contributed by atoms with Crippen molar-refractivity contribution in [3.63, 3.8) is 0 Å². The van der Waals surface area contributed by atoms with E-state index < -0.39 is 11.6 Å². The zero-order chi connectivity index (χ0) is 10.1. The van der Waals surface area contributed by atoms with Crippen LogP contribution in [0.25, 0.3) is 5.76 Å². The number of methoxy groups -OCH3 is 1. The van der Waals surface area contributed by atoms with Gasteiger partial charge in [-0.25, -0.2) is 0 Å². The van der Waals surface area contributed by atoms with Gasteiger partial charge in [-0.1, -0.05) is 0 Å². The van der Waals surface area contributed by atoms with Crippen LogP contribution in [0.15, 0.2) is 24.5 Å². The maximum Gasteiger partial charge on any atom is 0.235 e. The minimum absolute atomic E-state index is 0.303. The zero-order valence-electron chi connectivity index (χ0n) is 7.48. The van der Waals surface area contributed by atoms with E-state index in [1.165, 1.54) is 19.4 Å². The maximum absolute atomic E-state index is 11.4. The Kier molecular flexibility index (Phi) is 1.89. The molecule has 0 N–H and O–H groups in total. The Labute approximate surface area is 80.2 Å². The topological polar surface area (TPSA) is 56.3 Å². The smallest absolute Gasteiger partial charge is 0.235 e. The van der Waals surface area contributed by atoms with Crippen molar-refractivity contribution in [1.82, 2.24) is 4.98 Å². The van der Waals surface area contributed by atoms with Gasteiger partial charge in [-0.3, -0.25) is 14.6 Å². The third-order valence-electron chi connectivity index (χ3n) is 2.04. The van der Waals surface area contributed by atoms with Gasteiger partial charge in [0, 0.05) is 24.0 Å². The molecule has 70 valence electrons. The number of rotatable bonds is 1. The predicted octanol–water partition coefficient (Wildman–Crippen LogP) is 0.834. The third-order valence-corrected chi connectivity index (χ3v) is 2.04. The Morgan fingerprint density at radius 3 is 2.79 bits per heavy atom. The quantitative estimate of drug-likeness (QED) is 0.614. The SMILES string of the molecule is COC1=CC(=O)C(=O)c2cnccc21. The molecule has 2 rings (SSSR count). The lowest BCUT2D eigenvalue weighted by atomic mass is 9.96. The molecule has 0 spiro atoms. The summed E-state index contributed by atoms with van der Waals surface area (Å²) in [5.74, 6) is -0.691. The van der Waals surface area contributed by atoms with Crippen molar-refractivity contribution in [2.45, 2.75) is 0 Å². The number of hydrogen-bond donors (Lipinski definition) is 0. The van der Waals surface area contributed by atoms with E-state index >= 15 is 0 Å². The van der Waals surface area contributed by atoms with Crippen LogP contribution in [-0.4, -0.2) is 23.7 Å². The van der Waals surface area contributed by atoms with E-state index in [1.807, 2.05) is 0 Å². The maximum atomic E-state index is 11.4. The number of ether oxygens (including phenoxy) is 1. The molecule has 0 atom stereocenters. The highest BCUT2D eigenvalue weighted by atomic mass is 16.5. The van der Waals surface area contributed by atoms with Crippen molar-refractivity contribution in [3.05, 3.63) is 35.7 Å². The van der Waals surface area contributed by atoms with Crippen molar-refractivity contribution >= 4 is 17.3 Å². The fourth-order valence-electron chi connectivity index (χ4n) is 1.35. The number of aromatic nitrogens is 1. The summed E-state index contributed by atoms with van der Waals surface area (Å²) in [4.78, 5) is 26.4. The first-order valence-electron chi connectivity index (χ1n) is 4.03. The molecule has 0 fully saturated rings. The van der Waals surface area contributed by atoms with Crippen molar-refractivity contribution in [1.29, 1.82) is 0 Å². The van der Waals surface area contributed by atoms with Gasteiger partial charge in [-0.2, -0.15) is 0 Å². The van der Waals surface area contributed by atoms with Crippen molar-refractivity contribution in [2.75, 3.05) is 7.11 Å². The van der Waals surface area contributed by atoms with Gasteiger partial charge in [0.2, 0.25) is 11.6 Å². The molecule has 1 aliphatic carbocycles. The zero-order valence-corrected chi connectivity index (χ0v) is 7.48. The summed E-state index contributed by atoms with van der Waals surface area (Å²) < 4.78 is 5.00. The summed E-state index contributed by atoms with van der Waals surface area (Å²) in [6, 6.07) is 1.65. The second-order valence-corrected chi connectivity index (χ2v) is 2.83. The Morgan fingerprint density at radius 1 is 1.29 bits per heavy atom. The summed E-state index contributed by atoms with van der Waals surface area (Å²) in [7, 11) is 1.46. The highest BCUT2D eigenvalue weighted by Crippen LogP contribution is 2.23. The van der Waals surface area contributed by atoms with Crippen molar-refractivity contribution < 1.29 is 14.3 Å². The molecular formula is C10H7NO3. The third kappa shape index (κ3) is 1.12. The van der Waals surface area contributed by atoms with E-state index in [0.717, 1.165) is 0 Å². The van der Waals surface area contributed by atoms with E-state index in [9.17, 15) is 9.59 Å². The number of Topliss-reactive ketones (excluding diaryl/α,β-unsaturated/α-hetero) is 1. The minimum atomic E-state index is -0.567. The normalized spacial score (nSPS) is 14.8. The molecule has 0 radical (unpaired) electrons. The number of fused-ring (bicyclic) bond motifs is 1. The highest BCUT2D eigenvalue weighted by molar-refractivity contribution is 6.50. The fraction of sp³-hybridized carbons (Fsp3) is 0.100. The number of carbonyl (C=O) groups is 2. The molecule has 0 aromatic carbocycles. The molecular weight excluding hydrogens is 182 g/mol. The van der Waals surface area contributed by atoms with E-state index in [1.54, 1.807) is 12.3 Å². The number of hydrogen-bond acceptors (Lipinski definition) is 4. The Morgan fingerprint density at radius 2 is 2.07 bits per heavy atom. The van der Waals surface area contributed by atoms with Crippen LogP contribution >= 0.6 is 0 Å². The molecule has 4 nitrogen and oxygen atoms in total. The summed E-state index contributed by atoms with van der Waals surface area (Å²) in [6.07, 6.45) is 4.13. The summed E-state index contributed by atoms with van der Waals surface area (Å²) in [5, 5.41) is 0. The average Bonchev–Trinajstić information content (AvgIpc) is 2.23. The van der Waals surface area contributed by atoms with Crippen LogP contribution in [0.5, 0.6) is 0 Å². The monoisotopic (exact) mass is 189 g/mol. The van der Waals surface area contributed by atoms with Gasteiger partial charge >= 0.3 is 0 Å². The van der Waals surface area contributed by atoms with E-state index in [-0.39, 0.29) is 0 Å². The second kappa shape index (κ2) is 3.06. The Balaban J connectivity index is 2.66. The van der Waals surface area contributed by atoms with Crippen molar-refractivity contribution in [3.8, 4) is 0 Å². The van der Waals surface area contributed by atoms with Crippen LogP contribution < -0.4 is 0 Å². The lowest BCUT2D eigenvalue weighted by molar-refractivity contribution is -0.111. The molecule has 1 heterocycles. The Hall–Kier alpha value is -1.97. The van der Waals surface area contributed by atoms with Crippen LogP contribution in [-0.2, 0) is 9.53 Å². The first kappa shape index (κ1) is 8.62. The van der Waals surface area contributed by atoms with Gasteiger partial charge < -0.3 is 4.74 Å². The number of pyridine rings is 1.